The first-order valence-corrected chi connectivity index (χ1v) is 11.8. The minimum absolute atomic E-state index is 0.333. The Bertz CT molecular complexity index is 1300. The zero-order valence-electron chi connectivity index (χ0n) is 22.0. The Morgan fingerprint density at radius 3 is 2.31 bits per heavy atom. The number of nitrogens with one attached hydrogen (secondary N) is 1. The van der Waals surface area contributed by atoms with Crippen molar-refractivity contribution < 1.29 is 14.9 Å². The van der Waals surface area contributed by atoms with E-state index < -0.39 is 0 Å². The number of methoxy groups -OCH3 is 1. The quantitative estimate of drug-likeness (QED) is 0.253. The zero-order valence-corrected chi connectivity index (χ0v) is 22.0. The van der Waals surface area contributed by atoms with Crippen molar-refractivity contribution in [3.8, 4) is 22.7 Å². The van der Waals surface area contributed by atoms with Crippen LogP contribution in [0.2, 0.25) is 0 Å². The summed E-state index contributed by atoms with van der Waals surface area (Å²) in [4.78, 5) is 18.4. The summed E-state index contributed by atoms with van der Waals surface area (Å²) in [6, 6.07) is 9.71. The summed E-state index contributed by atoms with van der Waals surface area (Å²) < 4.78 is 6.03. The van der Waals surface area contributed by atoms with E-state index in [9.17, 15) is 5.26 Å². The predicted molar refractivity (Wildman–Crippen MR) is 141 cm³/mol. The van der Waals surface area contributed by atoms with Crippen LogP contribution in [-0.2, 0) is 17.6 Å². The first-order valence-electron chi connectivity index (χ1n) is 11.8. The van der Waals surface area contributed by atoms with Gasteiger partial charge in [0.2, 0.25) is 0 Å². The lowest BCUT2D eigenvalue weighted by Crippen LogP contribution is -2.09. The normalized spacial score (nSPS) is 10.6. The van der Waals surface area contributed by atoms with Gasteiger partial charge in [-0.3, -0.25) is 9.97 Å². The Labute approximate surface area is 212 Å². The molecule has 0 atom stereocenters. The van der Waals surface area contributed by atoms with Gasteiger partial charge in [0.25, 0.3) is 0 Å². The molecule has 9 nitrogen and oxygen atoms in total. The fourth-order valence-corrected chi connectivity index (χ4v) is 3.72. The first kappa shape index (κ1) is 26.8. The van der Waals surface area contributed by atoms with Crippen molar-refractivity contribution in [3.05, 3.63) is 71.1 Å². The number of anilines is 2. The number of hydrogen-bond acceptors (Lipinski definition) is 8. The van der Waals surface area contributed by atoms with Crippen molar-refractivity contribution >= 4 is 11.5 Å². The van der Waals surface area contributed by atoms with Crippen LogP contribution in [0.3, 0.4) is 0 Å². The molecule has 2 N–H and O–H groups in total. The number of pyridine rings is 1. The molecule has 0 unspecified atom stereocenters. The second kappa shape index (κ2) is 12.2. The third kappa shape index (κ3) is 5.87. The average molecular weight is 491 g/mol. The van der Waals surface area contributed by atoms with Gasteiger partial charge in [-0.05, 0) is 57.4 Å². The van der Waals surface area contributed by atoms with Gasteiger partial charge in [0.1, 0.15) is 5.82 Å². The Kier molecular flexibility index (Phi) is 9.10. The van der Waals surface area contributed by atoms with E-state index in [4.69, 9.17) is 15.0 Å². The highest BCUT2D eigenvalue weighted by Crippen LogP contribution is 2.38. The lowest BCUT2D eigenvalue weighted by atomic mass is 10.1. The summed E-state index contributed by atoms with van der Waals surface area (Å²) in [5.41, 5.74) is 6.88. The van der Waals surface area contributed by atoms with E-state index in [0.29, 0.717) is 29.5 Å². The van der Waals surface area contributed by atoms with Crippen molar-refractivity contribution in [3.63, 3.8) is 0 Å². The standard InChI is InChI=1S/C25H28N6O2.C2H6O/c1-6-18-9-11-21(22(12-18)33-32)29-25-23(19-10-8-15(3)26-14-19)20(7-2)30-31(25)24-17(5)27-13-16(4)28-24;1-3-2/h8-14,29,32H,6-7H2,1-5H3;1-2H3. The van der Waals surface area contributed by atoms with Crippen LogP contribution in [0.4, 0.5) is 11.5 Å². The first-order chi connectivity index (χ1) is 17.4. The van der Waals surface area contributed by atoms with E-state index in [1.807, 2.05) is 64.2 Å². The van der Waals surface area contributed by atoms with Crippen molar-refractivity contribution in [2.24, 2.45) is 0 Å². The van der Waals surface area contributed by atoms with Crippen LogP contribution in [0.1, 0.15) is 42.2 Å². The highest BCUT2D eigenvalue weighted by atomic mass is 17.1. The molecule has 3 aromatic heterocycles. The van der Waals surface area contributed by atoms with Gasteiger partial charge < -0.3 is 14.9 Å². The highest BCUT2D eigenvalue weighted by molar-refractivity contribution is 5.83. The van der Waals surface area contributed by atoms with Crippen LogP contribution in [0.25, 0.3) is 16.9 Å². The number of rotatable bonds is 7. The monoisotopic (exact) mass is 490 g/mol. The van der Waals surface area contributed by atoms with Crippen molar-refractivity contribution in [2.75, 3.05) is 19.5 Å². The lowest BCUT2D eigenvalue weighted by Gasteiger charge is -2.15. The van der Waals surface area contributed by atoms with E-state index >= 15 is 0 Å². The number of hydrogen-bond donors (Lipinski definition) is 2. The molecule has 0 aliphatic carbocycles. The second-order valence-corrected chi connectivity index (χ2v) is 8.35. The van der Waals surface area contributed by atoms with E-state index in [1.54, 1.807) is 25.1 Å². The molecular formula is C27H34N6O3. The van der Waals surface area contributed by atoms with Gasteiger partial charge in [0, 0.05) is 43.4 Å². The van der Waals surface area contributed by atoms with Crippen molar-refractivity contribution in [1.82, 2.24) is 24.7 Å². The van der Waals surface area contributed by atoms with Crippen LogP contribution in [0, 0.1) is 20.8 Å². The van der Waals surface area contributed by atoms with E-state index in [0.717, 1.165) is 45.9 Å². The SMILES string of the molecule is CCc1ccc(Nc2c(-c3ccc(C)nc3)c(CC)nn2-c2nc(C)cnc2C)c(OO)c1.COC. The molecule has 0 saturated carbocycles. The van der Waals surface area contributed by atoms with Gasteiger partial charge in [-0.15, -0.1) is 0 Å². The summed E-state index contributed by atoms with van der Waals surface area (Å²) in [6.07, 6.45) is 5.12. The molecule has 0 aliphatic rings. The Morgan fingerprint density at radius 1 is 0.944 bits per heavy atom. The number of benzene rings is 1. The van der Waals surface area contributed by atoms with Crippen molar-refractivity contribution in [1.29, 1.82) is 0 Å². The Hall–Kier alpha value is -3.82. The molecule has 4 aromatic rings. The largest absolute Gasteiger partial charge is 0.388 e. The highest BCUT2D eigenvalue weighted by Gasteiger charge is 2.23. The van der Waals surface area contributed by atoms with E-state index in [2.05, 4.69) is 26.9 Å². The van der Waals surface area contributed by atoms with Crippen LogP contribution in [-0.4, -0.2) is 44.2 Å². The molecule has 0 spiro atoms. The third-order valence-corrected chi connectivity index (χ3v) is 5.55. The Morgan fingerprint density at radius 2 is 1.69 bits per heavy atom. The fourth-order valence-electron chi connectivity index (χ4n) is 3.72. The fraction of sp³-hybridized carbons (Fsp3) is 0.333. The van der Waals surface area contributed by atoms with Gasteiger partial charge in [-0.25, -0.2) is 10.2 Å². The molecule has 0 bridgehead atoms. The maximum Gasteiger partial charge on any atom is 0.188 e. The number of aryl methyl sites for hydroxylation is 5. The summed E-state index contributed by atoms with van der Waals surface area (Å²) in [6.45, 7) is 9.88. The maximum atomic E-state index is 9.56. The molecular weight excluding hydrogens is 456 g/mol. The maximum absolute atomic E-state index is 9.56. The molecule has 4 rings (SSSR count). The molecule has 0 saturated heterocycles. The molecule has 0 radical (unpaired) electrons. The van der Waals surface area contributed by atoms with Gasteiger partial charge in [0.05, 0.1) is 22.8 Å². The van der Waals surface area contributed by atoms with E-state index in [1.165, 1.54) is 0 Å². The van der Waals surface area contributed by atoms with Crippen LogP contribution < -0.4 is 10.2 Å². The Balaban J connectivity index is 0.00000115. The minimum atomic E-state index is 0.333. The zero-order chi connectivity index (χ0) is 26.2. The van der Waals surface area contributed by atoms with Gasteiger partial charge in [-0.2, -0.15) is 9.78 Å². The average Bonchev–Trinajstić information content (AvgIpc) is 3.24. The summed E-state index contributed by atoms with van der Waals surface area (Å²) in [5.74, 6) is 1.67. The molecule has 0 aliphatic heterocycles. The molecule has 9 heteroatoms. The van der Waals surface area contributed by atoms with Gasteiger partial charge >= 0.3 is 0 Å². The topological polar surface area (TPSA) is 107 Å². The second-order valence-electron chi connectivity index (χ2n) is 8.35. The number of ether oxygens (including phenoxy) is 1. The lowest BCUT2D eigenvalue weighted by molar-refractivity contribution is -0.136. The molecule has 3 heterocycles. The van der Waals surface area contributed by atoms with Gasteiger partial charge in [-0.1, -0.05) is 26.0 Å². The van der Waals surface area contributed by atoms with Gasteiger partial charge in [0.15, 0.2) is 11.6 Å². The molecule has 190 valence electrons. The van der Waals surface area contributed by atoms with Crippen LogP contribution in [0.15, 0.2) is 42.7 Å². The smallest absolute Gasteiger partial charge is 0.188 e. The molecule has 0 amide bonds. The number of nitrogens with zero attached hydrogens (tertiary/aromatic N) is 5. The predicted octanol–water partition coefficient (Wildman–Crippen LogP) is 5.63. The summed E-state index contributed by atoms with van der Waals surface area (Å²) in [5, 5.41) is 17.9. The van der Waals surface area contributed by atoms with Crippen molar-refractivity contribution in [2.45, 2.75) is 47.5 Å². The summed E-state index contributed by atoms with van der Waals surface area (Å²) in [7, 11) is 3.25. The third-order valence-electron chi connectivity index (χ3n) is 5.55. The minimum Gasteiger partial charge on any atom is -0.388 e. The van der Waals surface area contributed by atoms with Crippen LogP contribution >= 0.6 is 0 Å². The van der Waals surface area contributed by atoms with E-state index in [-0.39, 0.29) is 0 Å². The summed E-state index contributed by atoms with van der Waals surface area (Å²) >= 11 is 0. The molecule has 36 heavy (non-hydrogen) atoms. The number of aromatic nitrogens is 5. The molecule has 0 fully saturated rings. The van der Waals surface area contributed by atoms with Crippen LogP contribution in [0.5, 0.6) is 5.75 Å². The molecule has 1 aromatic carbocycles.